The lowest BCUT2D eigenvalue weighted by molar-refractivity contribution is -0.295. The van der Waals surface area contributed by atoms with E-state index < -0.39 is 89.4 Å². The zero-order valence-electron chi connectivity index (χ0n) is 26.5. The third-order valence-electron chi connectivity index (χ3n) is 12.5. The maximum atomic E-state index is 13.8. The van der Waals surface area contributed by atoms with E-state index in [1.165, 1.54) is 13.8 Å². The van der Waals surface area contributed by atoms with Crippen molar-refractivity contribution in [3.8, 4) is 0 Å². The molecule has 4 N–H and O–H groups in total. The Morgan fingerprint density at radius 3 is 2.48 bits per heavy atom. The minimum Gasteiger partial charge on any atom is -0.458 e. The third-order valence-corrected chi connectivity index (χ3v) is 12.5. The smallest absolute Gasteiger partial charge is 0.334 e. The topological polar surface area (TPSA) is 207 Å². The Labute approximate surface area is 265 Å². The van der Waals surface area contributed by atoms with Gasteiger partial charge in [0.05, 0.1) is 24.5 Å². The van der Waals surface area contributed by atoms with E-state index in [2.05, 4.69) is 6.92 Å². The number of hydrogen-bond acceptors (Lipinski definition) is 14. The van der Waals surface area contributed by atoms with Crippen LogP contribution >= 0.6 is 0 Å². The van der Waals surface area contributed by atoms with Crippen molar-refractivity contribution >= 4 is 17.9 Å². The van der Waals surface area contributed by atoms with Crippen LogP contribution in [0.3, 0.4) is 0 Å². The predicted molar refractivity (Wildman–Crippen MR) is 149 cm³/mol. The number of cyclic esters (lactones) is 1. The molecule has 0 amide bonds. The average molecular weight is 651 g/mol. The molecule has 0 bridgehead atoms. The highest BCUT2D eigenvalue weighted by Crippen LogP contribution is 2.83. The van der Waals surface area contributed by atoms with Crippen molar-refractivity contribution in [2.75, 3.05) is 13.2 Å². The first-order valence-electron chi connectivity index (χ1n) is 16.2. The molecule has 8 rings (SSSR count). The summed E-state index contributed by atoms with van der Waals surface area (Å²) in [5.74, 6) is -1.86. The summed E-state index contributed by atoms with van der Waals surface area (Å²) < 4.78 is 42.2. The van der Waals surface area contributed by atoms with Crippen LogP contribution in [0.4, 0.5) is 0 Å². The lowest BCUT2D eigenvalue weighted by atomic mass is 9.46. The van der Waals surface area contributed by atoms with Crippen molar-refractivity contribution < 1.29 is 68.0 Å². The van der Waals surface area contributed by atoms with Gasteiger partial charge >= 0.3 is 17.9 Å². The van der Waals surface area contributed by atoms with Gasteiger partial charge in [-0.2, -0.15) is 0 Å². The number of carbonyl (C=O) groups excluding carboxylic acids is 3. The fraction of sp³-hybridized carbons (Fsp3) is 0.844. The average Bonchev–Trinajstić information content (AvgIpc) is 3.91. The molecule has 254 valence electrons. The predicted octanol–water partition coefficient (Wildman–Crippen LogP) is -0.587. The van der Waals surface area contributed by atoms with Crippen LogP contribution in [0.2, 0.25) is 0 Å². The second kappa shape index (κ2) is 9.50. The molecule has 0 aromatic rings. The van der Waals surface area contributed by atoms with Crippen LogP contribution in [0.1, 0.15) is 60.3 Å². The molecule has 3 unspecified atom stereocenters. The van der Waals surface area contributed by atoms with Crippen molar-refractivity contribution in [1.29, 1.82) is 0 Å². The van der Waals surface area contributed by atoms with E-state index >= 15 is 0 Å². The van der Waals surface area contributed by atoms with Gasteiger partial charge in [0.15, 0.2) is 11.7 Å². The number of ether oxygens (including phenoxy) is 7. The summed E-state index contributed by atoms with van der Waals surface area (Å²) in [5.41, 5.74) is -2.63. The van der Waals surface area contributed by atoms with Gasteiger partial charge in [-0.25, -0.2) is 4.79 Å². The standard InChI is InChI=1S/C32H42O14/c1-12(2)30-22(45-30)23-32(46-23)29(5)7-6-13-14(11-40-24(13)38)15(29)8-17-31(32,44-17)26(30)42-18(34)9-28(3,4)27(39)43-25-21(37)20(36)19(35)16(10-33)41-25/h12,15-17,19-23,25-26,33,35-37H,6-11H2,1-5H3/t15-,16?,17-,19-,20?,21?,22-,23-,25-,26+,29-,30-,31+,32+/m0/s1. The molecule has 5 aliphatic heterocycles. The lowest BCUT2D eigenvalue weighted by Crippen LogP contribution is -2.70. The van der Waals surface area contributed by atoms with Crippen LogP contribution in [0.25, 0.3) is 0 Å². The molecule has 14 atom stereocenters. The summed E-state index contributed by atoms with van der Waals surface area (Å²) in [6.07, 6.45) is -8.18. The van der Waals surface area contributed by atoms with E-state index in [9.17, 15) is 34.8 Å². The summed E-state index contributed by atoms with van der Waals surface area (Å²) in [6.45, 7) is 8.77. The number of aliphatic hydroxyl groups is 4. The van der Waals surface area contributed by atoms with Crippen LogP contribution in [0, 0.1) is 22.7 Å². The van der Waals surface area contributed by atoms with Crippen LogP contribution in [-0.4, -0.2) is 123 Å². The van der Waals surface area contributed by atoms with E-state index in [-0.39, 0.29) is 42.7 Å². The highest BCUT2D eigenvalue weighted by molar-refractivity contribution is 5.92. The number of aliphatic hydroxyl groups excluding tert-OH is 4. The van der Waals surface area contributed by atoms with Gasteiger partial charge in [0, 0.05) is 11.0 Å². The number of carbonyl (C=O) groups is 3. The van der Waals surface area contributed by atoms with Gasteiger partial charge in [-0.05, 0) is 50.5 Å². The molecule has 14 nitrogen and oxygen atoms in total. The second-order valence-corrected chi connectivity index (χ2v) is 15.5. The molecule has 14 heteroatoms. The Bertz CT molecular complexity index is 1420. The normalized spacial score (nSPS) is 51.0. The second-order valence-electron chi connectivity index (χ2n) is 15.5. The maximum absolute atomic E-state index is 13.8. The SMILES string of the molecule is CC(C)[C@]12O[C@H]1[C@@H]1O[C@]13[C@]1(O[C@H]1C[C@H]1C4=C(CC[C@@]13C)C(=O)OC4)[C@@H]2OC(=O)CC(C)(C)C(=O)O[C@@H]1OC(CO)[C@H](O)C(O)C1O. The molecule has 2 spiro atoms. The molecular weight excluding hydrogens is 608 g/mol. The van der Waals surface area contributed by atoms with Gasteiger partial charge in [-0.1, -0.05) is 20.8 Å². The molecule has 0 radical (unpaired) electrons. The highest BCUT2D eigenvalue weighted by Gasteiger charge is 3.01. The van der Waals surface area contributed by atoms with E-state index in [1.807, 2.05) is 13.8 Å². The first-order valence-corrected chi connectivity index (χ1v) is 16.2. The van der Waals surface area contributed by atoms with Gasteiger partial charge in [-0.15, -0.1) is 0 Å². The number of hydrogen-bond donors (Lipinski definition) is 4. The minimum atomic E-state index is -1.77. The Hall–Kier alpha value is -2.17. The molecule has 0 aromatic heterocycles. The van der Waals surface area contributed by atoms with Crippen LogP contribution in [0.5, 0.6) is 0 Å². The number of rotatable bonds is 7. The van der Waals surface area contributed by atoms with Crippen LogP contribution < -0.4 is 0 Å². The van der Waals surface area contributed by atoms with Gasteiger partial charge in [0.1, 0.15) is 54.4 Å². The third kappa shape index (κ3) is 3.62. The quantitative estimate of drug-likeness (QED) is 0.154. The molecule has 6 fully saturated rings. The first-order chi connectivity index (χ1) is 21.6. The van der Waals surface area contributed by atoms with Crippen molar-refractivity contribution in [3.63, 3.8) is 0 Å². The van der Waals surface area contributed by atoms with Crippen LogP contribution in [-0.2, 0) is 47.5 Å². The highest BCUT2D eigenvalue weighted by atomic mass is 16.8. The van der Waals surface area contributed by atoms with E-state index in [1.54, 1.807) is 0 Å². The molecule has 3 aliphatic carbocycles. The lowest BCUT2D eigenvalue weighted by Gasteiger charge is -2.53. The fourth-order valence-electron chi connectivity index (χ4n) is 9.88. The number of esters is 3. The van der Waals surface area contributed by atoms with Crippen molar-refractivity contribution in [1.82, 2.24) is 0 Å². The van der Waals surface area contributed by atoms with E-state index in [0.717, 1.165) is 11.1 Å². The van der Waals surface area contributed by atoms with Gasteiger partial charge < -0.3 is 53.6 Å². The number of epoxide rings is 3. The Morgan fingerprint density at radius 2 is 1.78 bits per heavy atom. The first kappa shape index (κ1) is 31.1. The fourth-order valence-corrected chi connectivity index (χ4v) is 9.88. The Balaban J connectivity index is 1.04. The van der Waals surface area contributed by atoms with E-state index in [4.69, 9.17) is 33.2 Å². The molecular formula is C32H42O14. The largest absolute Gasteiger partial charge is 0.458 e. The summed E-state index contributed by atoms with van der Waals surface area (Å²) in [4.78, 5) is 39.5. The number of fused-ring (bicyclic) bond motifs is 4. The summed E-state index contributed by atoms with van der Waals surface area (Å²) in [5, 5.41) is 39.9. The molecule has 5 heterocycles. The van der Waals surface area contributed by atoms with Gasteiger partial charge in [-0.3, -0.25) is 9.59 Å². The molecule has 2 saturated carbocycles. The minimum absolute atomic E-state index is 0.0195. The summed E-state index contributed by atoms with van der Waals surface area (Å²) in [7, 11) is 0. The summed E-state index contributed by atoms with van der Waals surface area (Å²) in [6, 6.07) is 0. The zero-order valence-corrected chi connectivity index (χ0v) is 26.5. The Kier molecular flexibility index (Phi) is 6.43. The zero-order chi connectivity index (χ0) is 32.9. The van der Waals surface area contributed by atoms with Crippen molar-refractivity contribution in [2.45, 2.75) is 132 Å². The summed E-state index contributed by atoms with van der Waals surface area (Å²) >= 11 is 0. The van der Waals surface area contributed by atoms with Gasteiger partial charge in [0.25, 0.3) is 0 Å². The van der Waals surface area contributed by atoms with Crippen molar-refractivity contribution in [3.05, 3.63) is 11.1 Å². The van der Waals surface area contributed by atoms with E-state index in [0.29, 0.717) is 19.3 Å². The Morgan fingerprint density at radius 1 is 1.04 bits per heavy atom. The monoisotopic (exact) mass is 650 g/mol. The van der Waals surface area contributed by atoms with Crippen molar-refractivity contribution in [2.24, 2.45) is 22.7 Å². The maximum Gasteiger partial charge on any atom is 0.334 e. The van der Waals surface area contributed by atoms with Gasteiger partial charge in [0.2, 0.25) is 6.29 Å². The molecule has 0 aromatic carbocycles. The molecule has 8 aliphatic rings. The molecule has 4 saturated heterocycles. The molecule has 46 heavy (non-hydrogen) atoms. The van der Waals surface area contributed by atoms with Crippen LogP contribution in [0.15, 0.2) is 11.1 Å².